The molecule has 0 spiro atoms. The topological polar surface area (TPSA) is 99.7 Å². The average molecular weight is 277 g/mol. The summed E-state index contributed by atoms with van der Waals surface area (Å²) < 4.78 is 15.8. The molecule has 0 amide bonds. The molecule has 2 aromatic rings. The first kappa shape index (κ1) is 13.9. The van der Waals surface area contributed by atoms with Gasteiger partial charge in [0.15, 0.2) is 11.5 Å². The highest BCUT2D eigenvalue weighted by molar-refractivity contribution is 5.45. The molecule has 0 aliphatic heterocycles. The molecule has 0 aliphatic carbocycles. The molecule has 106 valence electrons. The minimum Gasteiger partial charge on any atom is -0.493 e. The quantitative estimate of drug-likeness (QED) is 0.851. The lowest BCUT2D eigenvalue weighted by Crippen LogP contribution is -2.00. The summed E-state index contributed by atoms with van der Waals surface area (Å²) >= 11 is 0. The molecule has 1 aromatic heterocycles. The smallest absolute Gasteiger partial charge is 0.228 e. The Balaban J connectivity index is 2.31. The van der Waals surface area contributed by atoms with Crippen LogP contribution in [0.4, 0.5) is 5.95 Å². The number of aliphatic hydroxyl groups is 1. The van der Waals surface area contributed by atoms with Gasteiger partial charge in [0.05, 0.1) is 26.9 Å². The van der Waals surface area contributed by atoms with Gasteiger partial charge in [-0.15, -0.1) is 0 Å². The third-order valence-electron chi connectivity index (χ3n) is 2.53. The summed E-state index contributed by atoms with van der Waals surface area (Å²) in [6.07, 6.45) is 0. The fraction of sp³-hybridized carbons (Fsp3) is 0.231. The number of nitrogens with zero attached hydrogens (tertiary/aromatic N) is 2. The summed E-state index contributed by atoms with van der Waals surface area (Å²) in [4.78, 5) is 7.82. The lowest BCUT2D eigenvalue weighted by molar-refractivity contribution is 0.280. The average Bonchev–Trinajstić information content (AvgIpc) is 2.47. The molecular weight excluding hydrogens is 262 g/mol. The Labute approximate surface area is 115 Å². The number of rotatable bonds is 5. The van der Waals surface area contributed by atoms with Gasteiger partial charge in [-0.25, -0.2) is 0 Å². The van der Waals surface area contributed by atoms with Crippen LogP contribution in [0.25, 0.3) is 0 Å². The largest absolute Gasteiger partial charge is 0.493 e. The predicted octanol–water partition coefficient (Wildman–Crippen LogP) is 1.36. The molecule has 0 saturated heterocycles. The Bertz CT molecular complexity index is 604. The zero-order valence-electron chi connectivity index (χ0n) is 11.2. The number of nitrogen functional groups attached to an aromatic ring is 1. The number of aliphatic hydroxyl groups excluding tert-OH is 1. The Morgan fingerprint density at radius 2 is 1.80 bits per heavy atom. The second kappa shape index (κ2) is 6.07. The van der Waals surface area contributed by atoms with Crippen LogP contribution in [-0.4, -0.2) is 29.3 Å². The van der Waals surface area contributed by atoms with Gasteiger partial charge in [0, 0.05) is 0 Å². The van der Waals surface area contributed by atoms with E-state index in [2.05, 4.69) is 9.97 Å². The van der Waals surface area contributed by atoms with Crippen LogP contribution < -0.4 is 19.9 Å². The third kappa shape index (κ3) is 3.07. The van der Waals surface area contributed by atoms with Crippen LogP contribution in [0, 0.1) is 0 Å². The zero-order valence-corrected chi connectivity index (χ0v) is 11.2. The molecule has 7 heteroatoms. The van der Waals surface area contributed by atoms with E-state index in [0.29, 0.717) is 22.9 Å². The van der Waals surface area contributed by atoms with Gasteiger partial charge in [-0.3, -0.25) is 0 Å². The fourth-order valence-corrected chi connectivity index (χ4v) is 1.59. The molecule has 7 nitrogen and oxygen atoms in total. The van der Waals surface area contributed by atoms with Gasteiger partial charge >= 0.3 is 0 Å². The summed E-state index contributed by atoms with van der Waals surface area (Å²) in [6, 6.07) is 6.58. The summed E-state index contributed by atoms with van der Waals surface area (Å²) in [5.74, 6) is 1.52. The van der Waals surface area contributed by atoms with Crippen molar-refractivity contribution in [2.24, 2.45) is 0 Å². The third-order valence-corrected chi connectivity index (χ3v) is 2.53. The van der Waals surface area contributed by atoms with Gasteiger partial charge < -0.3 is 25.1 Å². The standard InChI is InChI=1S/C13H15N3O4/c1-18-10-5-8(7-17)3-4-9(10)20-12-6-11(19-2)15-13(14)16-12/h3-6,17H,7H2,1-2H3,(H2,14,15,16). The highest BCUT2D eigenvalue weighted by Gasteiger charge is 2.10. The van der Waals surface area contributed by atoms with Crippen molar-refractivity contribution in [2.75, 3.05) is 20.0 Å². The first-order valence-corrected chi connectivity index (χ1v) is 5.80. The summed E-state index contributed by atoms with van der Waals surface area (Å²) in [7, 11) is 2.99. The second-order valence-corrected chi connectivity index (χ2v) is 3.85. The van der Waals surface area contributed by atoms with Crippen LogP contribution in [0.2, 0.25) is 0 Å². The number of benzene rings is 1. The minimum atomic E-state index is -0.0785. The Morgan fingerprint density at radius 3 is 2.45 bits per heavy atom. The molecular formula is C13H15N3O4. The van der Waals surface area contributed by atoms with E-state index in [9.17, 15) is 0 Å². The highest BCUT2D eigenvalue weighted by atomic mass is 16.5. The van der Waals surface area contributed by atoms with Gasteiger partial charge in [0.2, 0.25) is 17.7 Å². The summed E-state index contributed by atoms with van der Waals surface area (Å²) in [6.45, 7) is -0.0785. The van der Waals surface area contributed by atoms with E-state index in [1.807, 2.05) is 0 Å². The van der Waals surface area contributed by atoms with Gasteiger partial charge in [0.1, 0.15) is 0 Å². The number of ether oxygens (including phenoxy) is 3. The number of aromatic nitrogens is 2. The van der Waals surface area contributed by atoms with E-state index in [-0.39, 0.29) is 18.4 Å². The SMILES string of the molecule is COc1cc(Oc2ccc(CO)cc2OC)nc(N)n1. The fourth-order valence-electron chi connectivity index (χ4n) is 1.59. The van der Waals surface area contributed by atoms with Crippen molar-refractivity contribution < 1.29 is 19.3 Å². The van der Waals surface area contributed by atoms with Crippen LogP contribution in [-0.2, 0) is 6.61 Å². The molecule has 0 saturated carbocycles. The number of methoxy groups -OCH3 is 2. The first-order valence-electron chi connectivity index (χ1n) is 5.80. The molecule has 0 bridgehead atoms. The van der Waals surface area contributed by atoms with Crippen molar-refractivity contribution >= 4 is 5.95 Å². The summed E-state index contributed by atoms with van der Waals surface area (Å²) in [5.41, 5.74) is 6.27. The molecule has 0 atom stereocenters. The monoisotopic (exact) mass is 277 g/mol. The van der Waals surface area contributed by atoms with Gasteiger partial charge in [0.25, 0.3) is 0 Å². The number of anilines is 1. The van der Waals surface area contributed by atoms with Crippen LogP contribution >= 0.6 is 0 Å². The maximum atomic E-state index is 9.09. The molecule has 1 heterocycles. The highest BCUT2D eigenvalue weighted by Crippen LogP contribution is 2.32. The Hall–Kier alpha value is -2.54. The zero-order chi connectivity index (χ0) is 14.5. The first-order chi connectivity index (χ1) is 9.66. The van der Waals surface area contributed by atoms with Gasteiger partial charge in [-0.2, -0.15) is 9.97 Å². The molecule has 0 unspecified atom stereocenters. The second-order valence-electron chi connectivity index (χ2n) is 3.85. The molecule has 3 N–H and O–H groups in total. The van der Waals surface area contributed by atoms with E-state index in [4.69, 9.17) is 25.1 Å². The molecule has 2 rings (SSSR count). The normalized spacial score (nSPS) is 10.2. The maximum Gasteiger partial charge on any atom is 0.228 e. The van der Waals surface area contributed by atoms with Crippen molar-refractivity contribution in [3.8, 4) is 23.3 Å². The van der Waals surface area contributed by atoms with Crippen molar-refractivity contribution in [3.05, 3.63) is 29.8 Å². The number of hydrogen-bond donors (Lipinski definition) is 2. The van der Waals surface area contributed by atoms with Crippen LogP contribution in [0.5, 0.6) is 23.3 Å². The lowest BCUT2D eigenvalue weighted by atomic mass is 10.2. The van der Waals surface area contributed by atoms with E-state index in [0.717, 1.165) is 0 Å². The number of hydrogen-bond acceptors (Lipinski definition) is 7. The maximum absolute atomic E-state index is 9.09. The Kier molecular flexibility index (Phi) is 4.21. The summed E-state index contributed by atoms with van der Waals surface area (Å²) in [5, 5.41) is 9.09. The number of nitrogens with two attached hydrogens (primary N) is 1. The van der Waals surface area contributed by atoms with Crippen molar-refractivity contribution in [1.82, 2.24) is 9.97 Å². The lowest BCUT2D eigenvalue weighted by Gasteiger charge is -2.11. The molecule has 0 fully saturated rings. The predicted molar refractivity (Wildman–Crippen MR) is 72.0 cm³/mol. The van der Waals surface area contributed by atoms with E-state index >= 15 is 0 Å². The van der Waals surface area contributed by atoms with E-state index in [1.54, 1.807) is 18.2 Å². The van der Waals surface area contributed by atoms with Crippen molar-refractivity contribution in [2.45, 2.75) is 6.61 Å². The molecule has 1 aromatic carbocycles. The van der Waals surface area contributed by atoms with Crippen molar-refractivity contribution in [3.63, 3.8) is 0 Å². The van der Waals surface area contributed by atoms with Crippen molar-refractivity contribution in [1.29, 1.82) is 0 Å². The van der Waals surface area contributed by atoms with Crippen LogP contribution in [0.3, 0.4) is 0 Å². The molecule has 0 aliphatic rings. The minimum absolute atomic E-state index is 0.0466. The van der Waals surface area contributed by atoms with E-state index in [1.165, 1.54) is 20.3 Å². The van der Waals surface area contributed by atoms with Gasteiger partial charge in [-0.1, -0.05) is 6.07 Å². The van der Waals surface area contributed by atoms with E-state index < -0.39 is 0 Å². The van der Waals surface area contributed by atoms with Gasteiger partial charge in [-0.05, 0) is 17.7 Å². The molecule has 0 radical (unpaired) electrons. The molecule has 20 heavy (non-hydrogen) atoms. The Morgan fingerprint density at radius 1 is 1.05 bits per heavy atom. The van der Waals surface area contributed by atoms with Crippen LogP contribution in [0.1, 0.15) is 5.56 Å². The van der Waals surface area contributed by atoms with Crippen LogP contribution in [0.15, 0.2) is 24.3 Å².